The van der Waals surface area contributed by atoms with Crippen LogP contribution in [-0.4, -0.2) is 10.9 Å². The van der Waals surface area contributed by atoms with Gasteiger partial charge in [-0.15, -0.1) is 0 Å². The molecule has 0 bridgehead atoms. The summed E-state index contributed by atoms with van der Waals surface area (Å²) in [6.45, 7) is 0. The molecule has 3 heteroatoms. The molecule has 0 N–H and O–H groups in total. The summed E-state index contributed by atoms with van der Waals surface area (Å²) < 4.78 is 10.6. The van der Waals surface area contributed by atoms with Crippen LogP contribution in [0.1, 0.15) is 0 Å². The van der Waals surface area contributed by atoms with Gasteiger partial charge in [0.2, 0.25) is 0 Å². The highest BCUT2D eigenvalue weighted by atomic mass is 32.2. The fraction of sp³-hybridized carbons (Fsp3) is 0. The van der Waals surface area contributed by atoms with Crippen molar-refractivity contribution in [1.82, 2.24) is 4.98 Å². The molecule has 0 aliphatic heterocycles. The highest BCUT2D eigenvalue weighted by Gasteiger charge is 1.74. The first-order valence-corrected chi connectivity index (χ1v) is 3.75. The third-order valence-corrected chi connectivity index (χ3v) is 1.58. The smallest absolute Gasteiger partial charge is 0.0249 e. The zero-order chi connectivity index (χ0) is 6.69. The fourth-order valence-corrected chi connectivity index (χ4v) is 0.891. The highest BCUT2D eigenvalue weighted by Crippen LogP contribution is 1.92. The Hall–Kier alpha value is -0.830. The predicted molar refractivity (Wildman–Crippen MR) is 37.7 cm³/mol. The SMILES string of the molecule is C=[S-](=O)c1ccccn1. The monoisotopic (exact) mass is 140 g/mol. The molecule has 0 saturated carbocycles. The van der Waals surface area contributed by atoms with Crippen LogP contribution in [0.5, 0.6) is 0 Å². The van der Waals surface area contributed by atoms with E-state index in [-0.39, 0.29) is 0 Å². The standard InChI is InChI=1S/C6H6NOS/c1-9(8)6-4-2-3-5-7-6/h2-5H,1H2/q-1. The van der Waals surface area contributed by atoms with Gasteiger partial charge in [0.1, 0.15) is 0 Å². The molecule has 0 spiro atoms. The minimum atomic E-state index is -1.19. The lowest BCUT2D eigenvalue weighted by atomic mass is 10.5. The number of nitrogens with zero attached hydrogens (tertiary/aromatic N) is 1. The summed E-state index contributed by atoms with van der Waals surface area (Å²) in [5.74, 6) is 3.32. The van der Waals surface area contributed by atoms with Crippen LogP contribution in [-0.2, 0) is 14.6 Å². The van der Waals surface area contributed by atoms with Gasteiger partial charge in [0.05, 0.1) is 0 Å². The third kappa shape index (κ3) is 1.54. The molecular formula is C6H6NOS-. The van der Waals surface area contributed by atoms with Crippen molar-refractivity contribution >= 4 is 16.3 Å². The minimum Gasteiger partial charge on any atom is -0.456 e. The Kier molecular flexibility index (Phi) is 1.85. The maximum Gasteiger partial charge on any atom is 0.0249 e. The average Bonchev–Trinajstić information content (AvgIpc) is 1.90. The second-order valence-corrected chi connectivity index (χ2v) is 2.62. The van der Waals surface area contributed by atoms with Crippen molar-refractivity contribution in [3.05, 3.63) is 24.4 Å². The molecule has 2 nitrogen and oxygen atoms in total. The first kappa shape index (κ1) is 6.29. The number of aromatic nitrogens is 1. The van der Waals surface area contributed by atoms with Crippen molar-refractivity contribution < 1.29 is 4.21 Å². The Morgan fingerprint density at radius 3 is 2.67 bits per heavy atom. The predicted octanol–water partition coefficient (Wildman–Crippen LogP) is 0.836. The van der Waals surface area contributed by atoms with Crippen LogP contribution < -0.4 is 0 Å². The topological polar surface area (TPSA) is 30.0 Å². The Morgan fingerprint density at radius 1 is 1.56 bits per heavy atom. The Labute approximate surface area is 55.6 Å². The second kappa shape index (κ2) is 2.64. The Bertz CT molecular complexity index is 245. The molecule has 1 aromatic rings. The van der Waals surface area contributed by atoms with Gasteiger partial charge in [-0.25, -0.2) is 10.4 Å². The van der Waals surface area contributed by atoms with E-state index in [1.807, 2.05) is 0 Å². The van der Waals surface area contributed by atoms with Gasteiger partial charge < -0.3 is 4.21 Å². The summed E-state index contributed by atoms with van der Waals surface area (Å²) in [5, 5.41) is 0.525. The largest absolute Gasteiger partial charge is 0.456 e. The summed E-state index contributed by atoms with van der Waals surface area (Å²) in [6.07, 6.45) is 1.60. The van der Waals surface area contributed by atoms with Crippen LogP contribution in [0.2, 0.25) is 0 Å². The Balaban J connectivity index is 3.13. The van der Waals surface area contributed by atoms with E-state index in [2.05, 4.69) is 10.9 Å². The van der Waals surface area contributed by atoms with Gasteiger partial charge in [0, 0.05) is 6.20 Å². The van der Waals surface area contributed by atoms with Crippen molar-refractivity contribution in [3.8, 4) is 0 Å². The van der Waals surface area contributed by atoms with Crippen LogP contribution >= 0.6 is 0 Å². The quantitative estimate of drug-likeness (QED) is 0.427. The molecule has 0 saturated heterocycles. The van der Waals surface area contributed by atoms with Crippen molar-refractivity contribution in [3.63, 3.8) is 0 Å². The second-order valence-electron chi connectivity index (χ2n) is 1.51. The van der Waals surface area contributed by atoms with E-state index in [1.54, 1.807) is 24.4 Å². The fourth-order valence-electron chi connectivity index (χ4n) is 0.482. The van der Waals surface area contributed by atoms with Crippen LogP contribution in [0.15, 0.2) is 29.4 Å². The molecule has 0 unspecified atom stereocenters. The number of rotatable bonds is 1. The summed E-state index contributed by atoms with van der Waals surface area (Å²) in [6, 6.07) is 5.24. The van der Waals surface area contributed by atoms with E-state index < -0.39 is 10.4 Å². The minimum absolute atomic E-state index is 0.525. The van der Waals surface area contributed by atoms with Gasteiger partial charge in [-0.05, 0) is 11.1 Å². The average molecular weight is 140 g/mol. The van der Waals surface area contributed by atoms with E-state index in [0.717, 1.165) is 0 Å². The molecule has 48 valence electrons. The summed E-state index contributed by atoms with van der Waals surface area (Å²) >= 11 is 0. The highest BCUT2D eigenvalue weighted by molar-refractivity contribution is 7.82. The molecule has 1 heterocycles. The third-order valence-electron chi connectivity index (χ3n) is 0.871. The molecular weight excluding hydrogens is 134 g/mol. The molecule has 1 rings (SSSR count). The van der Waals surface area contributed by atoms with Gasteiger partial charge in [0.15, 0.2) is 0 Å². The number of hydrogen-bond acceptors (Lipinski definition) is 3. The first-order valence-electron chi connectivity index (χ1n) is 2.43. The molecule has 0 aromatic carbocycles. The molecule has 0 amide bonds. The summed E-state index contributed by atoms with van der Waals surface area (Å²) in [4.78, 5) is 3.82. The molecule has 0 radical (unpaired) electrons. The molecule has 0 aliphatic rings. The Morgan fingerprint density at radius 2 is 2.33 bits per heavy atom. The van der Waals surface area contributed by atoms with E-state index in [0.29, 0.717) is 5.03 Å². The molecule has 0 atom stereocenters. The van der Waals surface area contributed by atoms with Crippen LogP contribution in [0, 0.1) is 0 Å². The van der Waals surface area contributed by atoms with Crippen LogP contribution in [0.3, 0.4) is 0 Å². The van der Waals surface area contributed by atoms with Crippen molar-refractivity contribution in [1.29, 1.82) is 0 Å². The lowest BCUT2D eigenvalue weighted by molar-refractivity contribution is 0.602. The first-order chi connectivity index (χ1) is 4.30. The lowest BCUT2D eigenvalue weighted by Gasteiger charge is -1.97. The zero-order valence-electron chi connectivity index (χ0n) is 4.78. The van der Waals surface area contributed by atoms with Crippen molar-refractivity contribution in [2.45, 2.75) is 5.03 Å². The summed E-state index contributed by atoms with van der Waals surface area (Å²) in [7, 11) is -1.19. The molecule has 9 heavy (non-hydrogen) atoms. The maximum atomic E-state index is 10.6. The van der Waals surface area contributed by atoms with Gasteiger partial charge >= 0.3 is 0 Å². The van der Waals surface area contributed by atoms with E-state index in [1.165, 1.54) is 0 Å². The van der Waals surface area contributed by atoms with Gasteiger partial charge in [-0.3, -0.25) is 4.98 Å². The normalized spacial score (nSPS) is 9.89. The number of hydrogen-bond donors (Lipinski definition) is 0. The van der Waals surface area contributed by atoms with Gasteiger partial charge in [0.25, 0.3) is 0 Å². The maximum absolute atomic E-state index is 10.6. The van der Waals surface area contributed by atoms with Gasteiger partial charge in [-0.2, -0.15) is 5.87 Å². The van der Waals surface area contributed by atoms with Crippen molar-refractivity contribution in [2.24, 2.45) is 0 Å². The van der Waals surface area contributed by atoms with E-state index in [9.17, 15) is 4.21 Å². The summed E-state index contributed by atoms with van der Waals surface area (Å²) in [5.41, 5.74) is 0. The van der Waals surface area contributed by atoms with E-state index in [4.69, 9.17) is 0 Å². The lowest BCUT2D eigenvalue weighted by Crippen LogP contribution is -1.80. The number of pyridine rings is 1. The molecule has 0 aliphatic carbocycles. The molecule has 0 fully saturated rings. The van der Waals surface area contributed by atoms with Crippen LogP contribution in [0.25, 0.3) is 0 Å². The van der Waals surface area contributed by atoms with Crippen LogP contribution in [0.4, 0.5) is 0 Å². The molecule has 1 aromatic heterocycles. The zero-order valence-corrected chi connectivity index (χ0v) is 5.60. The van der Waals surface area contributed by atoms with Crippen molar-refractivity contribution in [2.75, 3.05) is 0 Å². The van der Waals surface area contributed by atoms with Gasteiger partial charge in [-0.1, -0.05) is 12.1 Å². The van der Waals surface area contributed by atoms with E-state index >= 15 is 0 Å².